The third kappa shape index (κ3) is 4.63. The zero-order valence-electron chi connectivity index (χ0n) is 9.23. The van der Waals surface area contributed by atoms with Crippen molar-refractivity contribution in [1.29, 1.82) is 0 Å². The maximum atomic E-state index is 11.9. The molecule has 17 heavy (non-hydrogen) atoms. The Bertz CT molecular complexity index is 385. The number of ether oxygens (including phenoxy) is 2. The molecule has 0 aliphatic rings. The van der Waals surface area contributed by atoms with E-state index in [0.29, 0.717) is 0 Å². The van der Waals surface area contributed by atoms with Gasteiger partial charge >= 0.3 is 12.6 Å². The molecule has 5 heteroatoms. The molecule has 0 heterocycles. The molecule has 1 aromatic carbocycles. The van der Waals surface area contributed by atoms with E-state index >= 15 is 0 Å². The summed E-state index contributed by atoms with van der Waals surface area (Å²) in [6.45, 7) is -0.878. The lowest BCUT2D eigenvalue weighted by molar-refractivity contribution is -0.0498. The van der Waals surface area contributed by atoms with Crippen LogP contribution in [-0.2, 0) is 4.74 Å². The Hall–Kier alpha value is -1.91. The maximum Gasteiger partial charge on any atom is 0.387 e. The van der Waals surface area contributed by atoms with Gasteiger partial charge < -0.3 is 9.47 Å². The second-order valence-electron chi connectivity index (χ2n) is 3.07. The highest BCUT2D eigenvalue weighted by Crippen LogP contribution is 2.15. The molecule has 3 nitrogen and oxygen atoms in total. The van der Waals surface area contributed by atoms with Crippen LogP contribution in [-0.4, -0.2) is 19.2 Å². The zero-order chi connectivity index (χ0) is 12.7. The van der Waals surface area contributed by atoms with Crippen molar-refractivity contribution in [2.24, 2.45) is 0 Å². The van der Waals surface area contributed by atoms with Crippen LogP contribution in [0, 0.1) is 0 Å². The Morgan fingerprint density at radius 1 is 1.35 bits per heavy atom. The molecule has 0 unspecified atom stereocenters. The summed E-state index contributed by atoms with van der Waals surface area (Å²) in [5, 5.41) is 0. The van der Waals surface area contributed by atoms with E-state index in [0.717, 1.165) is 0 Å². The van der Waals surface area contributed by atoms with E-state index < -0.39 is 12.6 Å². The molecule has 0 aliphatic heterocycles. The lowest BCUT2D eigenvalue weighted by atomic mass is 10.2. The van der Waals surface area contributed by atoms with E-state index in [4.69, 9.17) is 4.74 Å². The minimum atomic E-state index is -2.87. The van der Waals surface area contributed by atoms with Gasteiger partial charge in [-0.1, -0.05) is 12.2 Å². The van der Waals surface area contributed by atoms with Gasteiger partial charge in [-0.2, -0.15) is 8.78 Å². The first kappa shape index (κ1) is 13.2. The Morgan fingerprint density at radius 2 is 2.00 bits per heavy atom. The first-order chi connectivity index (χ1) is 8.13. The lowest BCUT2D eigenvalue weighted by Gasteiger charge is -2.05. The fraction of sp³-hybridized carbons (Fsp3) is 0.250. The number of carbonyl (C=O) groups is 1. The van der Waals surface area contributed by atoms with Crippen molar-refractivity contribution in [3.8, 4) is 5.75 Å². The molecular formula is C12H12F2O3. The van der Waals surface area contributed by atoms with E-state index in [9.17, 15) is 13.6 Å². The zero-order valence-corrected chi connectivity index (χ0v) is 9.23. The van der Waals surface area contributed by atoms with Crippen LogP contribution in [0.5, 0.6) is 5.75 Å². The quantitative estimate of drug-likeness (QED) is 0.588. The van der Waals surface area contributed by atoms with Gasteiger partial charge in [-0.3, -0.25) is 0 Å². The second-order valence-corrected chi connectivity index (χ2v) is 3.07. The molecule has 0 radical (unpaired) electrons. The topological polar surface area (TPSA) is 35.5 Å². The maximum absolute atomic E-state index is 11.9. The Morgan fingerprint density at radius 3 is 2.53 bits per heavy atom. The van der Waals surface area contributed by atoms with Gasteiger partial charge in [0.15, 0.2) is 0 Å². The van der Waals surface area contributed by atoms with Gasteiger partial charge in [-0.15, -0.1) is 0 Å². The molecule has 0 bridgehead atoms. The van der Waals surface area contributed by atoms with Gasteiger partial charge in [-0.25, -0.2) is 4.79 Å². The van der Waals surface area contributed by atoms with Gasteiger partial charge in [-0.05, 0) is 31.2 Å². The minimum absolute atomic E-state index is 0.00463. The predicted octanol–water partition coefficient (Wildman–Crippen LogP) is 3.02. The van der Waals surface area contributed by atoms with Gasteiger partial charge in [0, 0.05) is 0 Å². The summed E-state index contributed by atoms with van der Waals surface area (Å²) < 4.78 is 32.8. The summed E-state index contributed by atoms with van der Waals surface area (Å²) in [6.07, 6.45) is 3.44. The molecule has 92 valence electrons. The Kier molecular flexibility index (Phi) is 5.13. The third-order valence-corrected chi connectivity index (χ3v) is 1.86. The SMILES string of the molecule is C/C=C/COC(=O)c1ccc(OC(F)F)cc1. The van der Waals surface area contributed by atoms with Crippen molar-refractivity contribution >= 4 is 5.97 Å². The first-order valence-corrected chi connectivity index (χ1v) is 4.96. The minimum Gasteiger partial charge on any atom is -0.458 e. The van der Waals surface area contributed by atoms with Crippen molar-refractivity contribution in [3.63, 3.8) is 0 Å². The van der Waals surface area contributed by atoms with Crippen molar-refractivity contribution in [2.45, 2.75) is 13.5 Å². The van der Waals surface area contributed by atoms with Crippen LogP contribution in [0.2, 0.25) is 0 Å². The van der Waals surface area contributed by atoms with Crippen LogP contribution in [0.4, 0.5) is 8.78 Å². The van der Waals surface area contributed by atoms with Crippen molar-refractivity contribution in [3.05, 3.63) is 42.0 Å². The molecule has 0 atom stereocenters. The van der Waals surface area contributed by atoms with Crippen LogP contribution in [0.1, 0.15) is 17.3 Å². The summed E-state index contributed by atoms with van der Waals surface area (Å²) in [5.41, 5.74) is 0.288. The number of allylic oxidation sites excluding steroid dienone is 1. The fourth-order valence-corrected chi connectivity index (χ4v) is 1.08. The Labute approximate surface area is 97.7 Å². The lowest BCUT2D eigenvalue weighted by Crippen LogP contribution is -2.06. The van der Waals surface area contributed by atoms with Crippen molar-refractivity contribution < 1.29 is 23.0 Å². The number of halogens is 2. The molecule has 1 aromatic rings. The molecule has 0 saturated carbocycles. The average Bonchev–Trinajstić information content (AvgIpc) is 2.29. The van der Waals surface area contributed by atoms with Crippen LogP contribution in [0.15, 0.2) is 36.4 Å². The second kappa shape index (κ2) is 6.62. The summed E-state index contributed by atoms with van der Waals surface area (Å²) >= 11 is 0. The first-order valence-electron chi connectivity index (χ1n) is 4.96. The molecule has 0 amide bonds. The van der Waals surface area contributed by atoms with Crippen molar-refractivity contribution in [2.75, 3.05) is 6.61 Å². The van der Waals surface area contributed by atoms with E-state index in [-0.39, 0.29) is 17.9 Å². The van der Waals surface area contributed by atoms with Crippen LogP contribution in [0.25, 0.3) is 0 Å². The number of hydrogen-bond acceptors (Lipinski definition) is 3. The molecule has 0 spiro atoms. The monoisotopic (exact) mass is 242 g/mol. The van der Waals surface area contributed by atoms with Gasteiger partial charge in [0.1, 0.15) is 12.4 Å². The largest absolute Gasteiger partial charge is 0.458 e. The molecule has 0 N–H and O–H groups in total. The summed E-state index contributed by atoms with van der Waals surface area (Å²) in [5.74, 6) is -0.503. The number of rotatable bonds is 5. The number of benzene rings is 1. The molecule has 0 saturated heterocycles. The summed E-state index contributed by atoms with van der Waals surface area (Å²) in [6, 6.07) is 5.32. The highest BCUT2D eigenvalue weighted by Gasteiger charge is 2.08. The van der Waals surface area contributed by atoms with E-state index in [1.165, 1.54) is 24.3 Å². The molecule has 0 aliphatic carbocycles. The summed E-state index contributed by atoms with van der Waals surface area (Å²) in [4.78, 5) is 11.4. The number of hydrogen-bond donors (Lipinski definition) is 0. The van der Waals surface area contributed by atoms with E-state index in [1.807, 2.05) is 6.92 Å². The third-order valence-electron chi connectivity index (χ3n) is 1.86. The molecule has 0 fully saturated rings. The highest BCUT2D eigenvalue weighted by atomic mass is 19.3. The number of esters is 1. The standard InChI is InChI=1S/C12H12F2O3/c1-2-3-8-16-11(15)9-4-6-10(7-5-9)17-12(13)14/h2-7,12H,8H2,1H3/b3-2+. The Balaban J connectivity index is 2.57. The predicted molar refractivity (Wildman–Crippen MR) is 58.2 cm³/mol. The van der Waals surface area contributed by atoms with Gasteiger partial charge in [0.2, 0.25) is 0 Å². The van der Waals surface area contributed by atoms with Crippen LogP contribution < -0.4 is 4.74 Å². The molecule has 0 aromatic heterocycles. The van der Waals surface area contributed by atoms with Gasteiger partial charge in [0.25, 0.3) is 0 Å². The summed E-state index contributed by atoms with van der Waals surface area (Å²) in [7, 11) is 0. The average molecular weight is 242 g/mol. The van der Waals surface area contributed by atoms with Crippen LogP contribution in [0.3, 0.4) is 0 Å². The molecule has 1 rings (SSSR count). The van der Waals surface area contributed by atoms with Crippen LogP contribution >= 0.6 is 0 Å². The normalized spacial score (nSPS) is 10.8. The van der Waals surface area contributed by atoms with E-state index in [1.54, 1.807) is 12.2 Å². The van der Waals surface area contributed by atoms with Gasteiger partial charge in [0.05, 0.1) is 5.56 Å². The molecular weight excluding hydrogens is 230 g/mol. The highest BCUT2D eigenvalue weighted by molar-refractivity contribution is 5.89. The fourth-order valence-electron chi connectivity index (χ4n) is 1.08. The smallest absolute Gasteiger partial charge is 0.387 e. The van der Waals surface area contributed by atoms with E-state index in [2.05, 4.69) is 4.74 Å². The number of alkyl halides is 2. The number of carbonyl (C=O) groups excluding carboxylic acids is 1. The van der Waals surface area contributed by atoms with Crippen molar-refractivity contribution in [1.82, 2.24) is 0 Å².